The van der Waals surface area contributed by atoms with E-state index in [1.807, 2.05) is 25.1 Å². The summed E-state index contributed by atoms with van der Waals surface area (Å²) in [5, 5.41) is 4.92. The van der Waals surface area contributed by atoms with E-state index in [9.17, 15) is 0 Å². The monoisotopic (exact) mass is 305 g/mol. The predicted molar refractivity (Wildman–Crippen MR) is 74.2 cm³/mol. The number of benzene rings is 1. The number of rotatable bonds is 4. The molecule has 3 nitrogen and oxygen atoms in total. The second kappa shape index (κ2) is 7.77. The number of thioether (sulfide) groups is 1. The summed E-state index contributed by atoms with van der Waals surface area (Å²) < 4.78 is 5.39. The van der Waals surface area contributed by atoms with Crippen LogP contribution in [0, 0.1) is 0 Å². The van der Waals surface area contributed by atoms with Crippen LogP contribution in [0.2, 0.25) is 5.02 Å². The van der Waals surface area contributed by atoms with Gasteiger partial charge in [0.15, 0.2) is 5.17 Å². The standard InChI is InChI=1S/C12H15ClN2OS.ClH/c1-2-16-11-4-3-9(7-10(11)13)8-17-12-14-5-6-15-12;/h3-4,7H,2,5-6,8H2,1H3,(H,14,15);1H/p-1. The summed E-state index contributed by atoms with van der Waals surface area (Å²) in [5.74, 6) is 1.62. The number of nitrogens with one attached hydrogen (secondary N) is 1. The van der Waals surface area contributed by atoms with Gasteiger partial charge in [-0.15, -0.1) is 0 Å². The second-order valence-corrected chi connectivity index (χ2v) is 4.97. The van der Waals surface area contributed by atoms with Crippen molar-refractivity contribution >= 4 is 28.5 Å². The van der Waals surface area contributed by atoms with Crippen molar-refractivity contribution in [3.05, 3.63) is 28.8 Å². The quantitative estimate of drug-likeness (QED) is 0.846. The van der Waals surface area contributed by atoms with Gasteiger partial charge in [-0.25, -0.2) is 0 Å². The fourth-order valence-electron chi connectivity index (χ4n) is 1.53. The fourth-order valence-corrected chi connectivity index (χ4v) is 2.66. The molecule has 0 atom stereocenters. The molecule has 1 aromatic carbocycles. The zero-order valence-electron chi connectivity index (χ0n) is 10.1. The lowest BCUT2D eigenvalue weighted by Gasteiger charge is -2.07. The van der Waals surface area contributed by atoms with Gasteiger partial charge < -0.3 is 22.5 Å². The number of hydrogen-bond donors (Lipinski definition) is 1. The molecule has 0 aliphatic carbocycles. The first-order valence-electron chi connectivity index (χ1n) is 5.62. The summed E-state index contributed by atoms with van der Waals surface area (Å²) in [4.78, 5) is 4.33. The highest BCUT2D eigenvalue weighted by Gasteiger charge is 2.07. The SMILES string of the molecule is CCOc1ccc(CSC2=NCCN2)cc1Cl.[Cl-]. The Morgan fingerprint density at radius 1 is 1.50 bits per heavy atom. The normalized spacial score (nSPS) is 13.6. The summed E-state index contributed by atoms with van der Waals surface area (Å²) in [6, 6.07) is 5.92. The first-order chi connectivity index (χ1) is 8.29. The fraction of sp³-hybridized carbons (Fsp3) is 0.417. The van der Waals surface area contributed by atoms with Gasteiger partial charge in [-0.3, -0.25) is 4.99 Å². The summed E-state index contributed by atoms with van der Waals surface area (Å²) in [6.07, 6.45) is 0. The van der Waals surface area contributed by atoms with Crippen molar-refractivity contribution in [1.29, 1.82) is 0 Å². The molecule has 0 aromatic heterocycles. The van der Waals surface area contributed by atoms with Crippen LogP contribution in [0.25, 0.3) is 0 Å². The van der Waals surface area contributed by atoms with E-state index in [0.29, 0.717) is 11.6 Å². The number of aliphatic imine (C=N–C) groups is 1. The van der Waals surface area contributed by atoms with Gasteiger partial charge in [0, 0.05) is 12.3 Å². The highest BCUT2D eigenvalue weighted by atomic mass is 35.5. The van der Waals surface area contributed by atoms with Crippen LogP contribution in [0.4, 0.5) is 0 Å². The highest BCUT2D eigenvalue weighted by molar-refractivity contribution is 8.13. The molecule has 1 N–H and O–H groups in total. The third-order valence-corrected chi connectivity index (χ3v) is 3.64. The molecule has 2 rings (SSSR count). The van der Waals surface area contributed by atoms with Gasteiger partial charge in [0.2, 0.25) is 0 Å². The Kier molecular flexibility index (Phi) is 6.68. The molecule has 0 saturated carbocycles. The molecule has 1 aliphatic rings. The van der Waals surface area contributed by atoms with E-state index in [2.05, 4.69) is 10.3 Å². The summed E-state index contributed by atoms with van der Waals surface area (Å²) >= 11 is 7.83. The Morgan fingerprint density at radius 2 is 2.33 bits per heavy atom. The largest absolute Gasteiger partial charge is 1.00 e. The lowest BCUT2D eigenvalue weighted by molar-refractivity contribution is -0.00000394. The van der Waals surface area contributed by atoms with E-state index in [1.165, 1.54) is 5.56 Å². The molecule has 1 aromatic rings. The molecule has 0 fully saturated rings. The van der Waals surface area contributed by atoms with Crippen LogP contribution in [0.1, 0.15) is 12.5 Å². The van der Waals surface area contributed by atoms with Gasteiger partial charge in [0.25, 0.3) is 0 Å². The number of amidine groups is 1. The van der Waals surface area contributed by atoms with Crippen molar-refractivity contribution in [2.45, 2.75) is 12.7 Å². The van der Waals surface area contributed by atoms with Crippen molar-refractivity contribution in [3.63, 3.8) is 0 Å². The second-order valence-electron chi connectivity index (χ2n) is 3.60. The maximum Gasteiger partial charge on any atom is 0.157 e. The molecule has 6 heteroatoms. The number of halogens is 2. The highest BCUT2D eigenvalue weighted by Crippen LogP contribution is 2.27. The number of nitrogens with zero attached hydrogens (tertiary/aromatic N) is 1. The molecular weight excluding hydrogens is 291 g/mol. The Labute approximate surface area is 123 Å². The van der Waals surface area contributed by atoms with Crippen molar-refractivity contribution in [2.24, 2.45) is 4.99 Å². The van der Waals surface area contributed by atoms with Crippen molar-refractivity contribution < 1.29 is 17.1 Å². The van der Waals surface area contributed by atoms with Crippen molar-refractivity contribution in [3.8, 4) is 5.75 Å². The smallest absolute Gasteiger partial charge is 0.157 e. The van der Waals surface area contributed by atoms with Crippen molar-refractivity contribution in [2.75, 3.05) is 19.7 Å². The third-order valence-electron chi connectivity index (χ3n) is 2.32. The van der Waals surface area contributed by atoms with E-state index in [0.717, 1.165) is 29.8 Å². The van der Waals surface area contributed by atoms with Crippen LogP contribution in [0.15, 0.2) is 23.2 Å². The summed E-state index contributed by atoms with van der Waals surface area (Å²) in [6.45, 7) is 4.41. The van der Waals surface area contributed by atoms with Crippen LogP contribution in [0.5, 0.6) is 5.75 Å². The number of hydrogen-bond acceptors (Lipinski definition) is 4. The van der Waals surface area contributed by atoms with Gasteiger partial charge in [-0.05, 0) is 24.6 Å². The van der Waals surface area contributed by atoms with Crippen LogP contribution in [0.3, 0.4) is 0 Å². The van der Waals surface area contributed by atoms with Gasteiger partial charge in [0.1, 0.15) is 5.75 Å². The van der Waals surface area contributed by atoms with E-state index in [-0.39, 0.29) is 12.4 Å². The lowest BCUT2D eigenvalue weighted by atomic mass is 10.2. The first kappa shape index (κ1) is 15.5. The van der Waals surface area contributed by atoms with Gasteiger partial charge in [0.05, 0.1) is 18.2 Å². The molecule has 1 aliphatic heterocycles. The van der Waals surface area contributed by atoms with Crippen LogP contribution in [-0.2, 0) is 5.75 Å². The minimum Gasteiger partial charge on any atom is -1.00 e. The Hall–Kier alpha value is -0.580. The van der Waals surface area contributed by atoms with E-state index in [1.54, 1.807) is 11.8 Å². The molecule has 0 amide bonds. The van der Waals surface area contributed by atoms with E-state index < -0.39 is 0 Å². The maximum atomic E-state index is 6.12. The topological polar surface area (TPSA) is 33.6 Å². The Morgan fingerprint density at radius 3 is 2.94 bits per heavy atom. The summed E-state index contributed by atoms with van der Waals surface area (Å²) in [7, 11) is 0. The van der Waals surface area contributed by atoms with E-state index in [4.69, 9.17) is 16.3 Å². The molecule has 0 saturated heterocycles. The zero-order valence-corrected chi connectivity index (χ0v) is 12.4. The van der Waals surface area contributed by atoms with Crippen molar-refractivity contribution in [1.82, 2.24) is 5.32 Å². The molecular formula is C12H15Cl2N2OS-. The minimum atomic E-state index is 0. The average Bonchev–Trinajstić information content (AvgIpc) is 2.83. The molecule has 0 bridgehead atoms. The van der Waals surface area contributed by atoms with Crippen LogP contribution < -0.4 is 22.5 Å². The number of ether oxygens (including phenoxy) is 1. The van der Waals surface area contributed by atoms with Gasteiger partial charge in [-0.2, -0.15) is 0 Å². The molecule has 0 radical (unpaired) electrons. The molecule has 0 spiro atoms. The van der Waals surface area contributed by atoms with Gasteiger partial charge in [-0.1, -0.05) is 29.4 Å². The van der Waals surface area contributed by atoms with Crippen LogP contribution >= 0.6 is 23.4 Å². The third kappa shape index (κ3) is 4.26. The Bertz CT molecular complexity index is 427. The molecule has 0 unspecified atom stereocenters. The maximum absolute atomic E-state index is 6.12. The average molecular weight is 306 g/mol. The molecule has 100 valence electrons. The predicted octanol–water partition coefficient (Wildman–Crippen LogP) is -0.0649. The van der Waals surface area contributed by atoms with Gasteiger partial charge >= 0.3 is 0 Å². The molecule has 18 heavy (non-hydrogen) atoms. The lowest BCUT2D eigenvalue weighted by Crippen LogP contribution is -3.00. The minimum absolute atomic E-state index is 0. The van der Waals surface area contributed by atoms with Crippen LogP contribution in [-0.4, -0.2) is 24.9 Å². The first-order valence-corrected chi connectivity index (χ1v) is 6.98. The molecule has 1 heterocycles. The van der Waals surface area contributed by atoms with E-state index >= 15 is 0 Å². The summed E-state index contributed by atoms with van der Waals surface area (Å²) in [5.41, 5.74) is 1.18. The zero-order chi connectivity index (χ0) is 12.1. The Balaban J connectivity index is 0.00000162.